The number of rotatable bonds is 33. The minimum atomic E-state index is -2.34. The topological polar surface area (TPSA) is 27.7 Å². The molecule has 0 amide bonds. The molecule has 0 N–H and O–H groups in total. The first-order valence-corrected chi connectivity index (χ1v) is 19.4. The van der Waals surface area contributed by atoms with Gasteiger partial charge in [-0.15, -0.1) is 11.6 Å². The molecule has 230 valence electrons. The van der Waals surface area contributed by atoms with Crippen LogP contribution >= 0.6 is 11.6 Å². The summed E-state index contributed by atoms with van der Waals surface area (Å²) in [7, 11) is 2.78. The second kappa shape index (κ2) is 31.9. The number of alkyl halides is 1. The van der Waals surface area contributed by atoms with Crippen molar-refractivity contribution in [3.8, 4) is 0 Å². The Morgan fingerprint density at radius 1 is 0.316 bits per heavy atom. The second-order valence-electron chi connectivity index (χ2n) is 11.6. The van der Waals surface area contributed by atoms with Gasteiger partial charge in [0, 0.05) is 33.3 Å². The molecule has 0 aliphatic carbocycles. The molecule has 0 aromatic carbocycles. The summed E-state index contributed by atoms with van der Waals surface area (Å²) in [4.78, 5) is 0. The standard InChI is InChI=1S/C33H69ClO3Si/c1-35-38(36-2,37-3)33-31-29-27-25-23-21-19-17-15-13-11-9-7-5-4-6-8-10-12-14-16-18-20-22-24-26-28-30-32-34/h4-33H2,1-3H3. The Morgan fingerprint density at radius 3 is 0.684 bits per heavy atom. The van der Waals surface area contributed by atoms with Gasteiger partial charge in [-0.1, -0.05) is 167 Å². The summed E-state index contributed by atoms with van der Waals surface area (Å²) in [5.41, 5.74) is 0. The van der Waals surface area contributed by atoms with E-state index in [-0.39, 0.29) is 0 Å². The molecule has 0 unspecified atom stereocenters. The Morgan fingerprint density at radius 2 is 0.500 bits per heavy atom. The van der Waals surface area contributed by atoms with Crippen LogP contribution in [0.4, 0.5) is 0 Å². The molecule has 0 radical (unpaired) electrons. The lowest BCUT2D eigenvalue weighted by atomic mass is 10.0. The summed E-state index contributed by atoms with van der Waals surface area (Å²) >= 11 is 5.72. The van der Waals surface area contributed by atoms with Crippen molar-refractivity contribution in [3.63, 3.8) is 0 Å². The van der Waals surface area contributed by atoms with Gasteiger partial charge in [0.1, 0.15) is 0 Å². The summed E-state index contributed by atoms with van der Waals surface area (Å²) < 4.78 is 16.5. The lowest BCUT2D eigenvalue weighted by molar-refractivity contribution is 0.122. The highest BCUT2D eigenvalue weighted by atomic mass is 35.5. The zero-order valence-corrected chi connectivity index (χ0v) is 28.1. The van der Waals surface area contributed by atoms with Crippen molar-refractivity contribution in [1.82, 2.24) is 0 Å². The maximum absolute atomic E-state index is 5.72. The molecule has 0 atom stereocenters. The molecule has 0 fully saturated rings. The van der Waals surface area contributed by atoms with E-state index < -0.39 is 8.80 Å². The van der Waals surface area contributed by atoms with Gasteiger partial charge < -0.3 is 13.3 Å². The van der Waals surface area contributed by atoms with E-state index >= 15 is 0 Å². The highest BCUT2D eigenvalue weighted by Gasteiger charge is 2.36. The Balaban J connectivity index is 3.13. The first kappa shape index (κ1) is 38.4. The van der Waals surface area contributed by atoms with E-state index in [4.69, 9.17) is 24.9 Å². The third-order valence-electron chi connectivity index (χ3n) is 8.30. The van der Waals surface area contributed by atoms with E-state index in [1.807, 2.05) is 0 Å². The van der Waals surface area contributed by atoms with E-state index in [1.54, 1.807) is 21.3 Å². The van der Waals surface area contributed by atoms with Gasteiger partial charge in [0.05, 0.1) is 0 Å². The third-order valence-corrected chi connectivity index (χ3v) is 11.4. The monoisotopic (exact) mass is 576 g/mol. The normalized spacial score (nSPS) is 12.0. The Labute approximate surface area is 246 Å². The molecule has 0 spiro atoms. The highest BCUT2D eigenvalue weighted by molar-refractivity contribution is 6.60. The minimum Gasteiger partial charge on any atom is -0.377 e. The van der Waals surface area contributed by atoms with Gasteiger partial charge in [-0.2, -0.15) is 0 Å². The van der Waals surface area contributed by atoms with E-state index in [0.29, 0.717) is 0 Å². The molecule has 0 saturated heterocycles. The average Bonchev–Trinajstić information content (AvgIpc) is 2.94. The number of halogens is 1. The molecule has 5 heteroatoms. The average molecular weight is 577 g/mol. The van der Waals surface area contributed by atoms with Crippen LogP contribution in [-0.4, -0.2) is 36.0 Å². The maximum atomic E-state index is 5.72. The van der Waals surface area contributed by atoms with E-state index in [0.717, 1.165) is 18.3 Å². The van der Waals surface area contributed by atoms with Crippen molar-refractivity contribution >= 4 is 20.4 Å². The fourth-order valence-corrected chi connectivity index (χ4v) is 7.57. The van der Waals surface area contributed by atoms with Crippen molar-refractivity contribution in [1.29, 1.82) is 0 Å². The van der Waals surface area contributed by atoms with Gasteiger partial charge in [0.25, 0.3) is 0 Å². The summed E-state index contributed by atoms with van der Waals surface area (Å²) in [6, 6.07) is 0.938. The third kappa shape index (κ3) is 26.6. The van der Waals surface area contributed by atoms with Crippen molar-refractivity contribution in [3.05, 3.63) is 0 Å². The molecule has 0 heterocycles. The highest BCUT2D eigenvalue weighted by Crippen LogP contribution is 2.19. The SMILES string of the molecule is CO[Si](CCCCCCCCCCCCCCCCCCCCCCCCCCCCCCCl)(OC)OC. The van der Waals surface area contributed by atoms with E-state index in [2.05, 4.69) is 0 Å². The van der Waals surface area contributed by atoms with Crippen molar-refractivity contribution in [2.45, 2.75) is 186 Å². The Bertz CT molecular complexity index is 426. The molecule has 0 aromatic rings. The molecule has 0 aromatic heterocycles. The predicted molar refractivity (Wildman–Crippen MR) is 172 cm³/mol. The lowest BCUT2D eigenvalue weighted by Crippen LogP contribution is -2.42. The quantitative estimate of drug-likeness (QED) is 0.0441. The lowest BCUT2D eigenvalue weighted by Gasteiger charge is -2.24. The number of hydrogen-bond donors (Lipinski definition) is 0. The van der Waals surface area contributed by atoms with E-state index in [9.17, 15) is 0 Å². The first-order valence-electron chi connectivity index (χ1n) is 17.0. The smallest absolute Gasteiger partial charge is 0.377 e. The summed E-state index contributed by atoms with van der Waals surface area (Å²) in [5, 5.41) is 0. The maximum Gasteiger partial charge on any atom is 0.500 e. The summed E-state index contributed by atoms with van der Waals surface area (Å²) in [6.07, 6.45) is 39.5. The molecule has 0 bridgehead atoms. The van der Waals surface area contributed by atoms with Crippen LogP contribution in [0.15, 0.2) is 0 Å². The molecular weight excluding hydrogens is 508 g/mol. The van der Waals surface area contributed by atoms with Gasteiger partial charge in [-0.25, -0.2) is 0 Å². The molecular formula is C33H69ClO3Si. The predicted octanol–water partition coefficient (Wildman–Crippen LogP) is 12.0. The first-order chi connectivity index (χ1) is 18.7. The molecule has 0 saturated carbocycles. The molecule has 38 heavy (non-hydrogen) atoms. The van der Waals surface area contributed by atoms with Gasteiger partial charge in [-0.3, -0.25) is 0 Å². The largest absolute Gasteiger partial charge is 0.500 e. The molecule has 0 rings (SSSR count). The molecule has 0 aliphatic heterocycles. The summed E-state index contributed by atoms with van der Waals surface area (Å²) in [5.74, 6) is 0.841. The second-order valence-corrected chi connectivity index (χ2v) is 15.1. The zero-order chi connectivity index (χ0) is 27.8. The van der Waals surface area contributed by atoms with Crippen molar-refractivity contribution in [2.24, 2.45) is 0 Å². The van der Waals surface area contributed by atoms with Crippen molar-refractivity contribution in [2.75, 3.05) is 27.2 Å². The fourth-order valence-electron chi connectivity index (χ4n) is 5.59. The van der Waals surface area contributed by atoms with Crippen LogP contribution in [0.25, 0.3) is 0 Å². The number of unbranched alkanes of at least 4 members (excludes halogenated alkanes) is 27. The van der Waals surface area contributed by atoms with Crippen molar-refractivity contribution < 1.29 is 13.3 Å². The van der Waals surface area contributed by atoms with Crippen LogP contribution in [0, 0.1) is 0 Å². The Hall–Kier alpha value is 0.387. The van der Waals surface area contributed by atoms with Crippen LogP contribution in [0.2, 0.25) is 6.04 Å². The van der Waals surface area contributed by atoms with Gasteiger partial charge in [-0.05, 0) is 12.8 Å². The van der Waals surface area contributed by atoms with Gasteiger partial charge >= 0.3 is 8.80 Å². The molecule has 0 aliphatic rings. The molecule has 3 nitrogen and oxygen atoms in total. The van der Waals surface area contributed by atoms with Crippen LogP contribution in [0.3, 0.4) is 0 Å². The van der Waals surface area contributed by atoms with Gasteiger partial charge in [0.2, 0.25) is 0 Å². The fraction of sp³-hybridized carbons (Fsp3) is 1.00. The van der Waals surface area contributed by atoms with Crippen LogP contribution < -0.4 is 0 Å². The Kier molecular flexibility index (Phi) is 32.2. The van der Waals surface area contributed by atoms with Crippen LogP contribution in [0.5, 0.6) is 0 Å². The van der Waals surface area contributed by atoms with Crippen LogP contribution in [0.1, 0.15) is 180 Å². The zero-order valence-electron chi connectivity index (χ0n) is 26.3. The van der Waals surface area contributed by atoms with Crippen LogP contribution in [-0.2, 0) is 13.3 Å². The number of hydrogen-bond acceptors (Lipinski definition) is 3. The van der Waals surface area contributed by atoms with Gasteiger partial charge in [0.15, 0.2) is 0 Å². The van der Waals surface area contributed by atoms with E-state index in [1.165, 1.54) is 173 Å². The summed E-state index contributed by atoms with van der Waals surface area (Å²) in [6.45, 7) is 0. The minimum absolute atomic E-state index is 0.841.